The van der Waals surface area contributed by atoms with Gasteiger partial charge in [-0.2, -0.15) is 0 Å². The minimum absolute atomic E-state index is 0.0695. The van der Waals surface area contributed by atoms with Crippen LogP contribution in [0.25, 0.3) is 0 Å². The summed E-state index contributed by atoms with van der Waals surface area (Å²) >= 11 is 0. The topological polar surface area (TPSA) is 36.9 Å². The Balaban J connectivity index is 2.11. The van der Waals surface area contributed by atoms with Crippen LogP contribution in [-0.4, -0.2) is 35.6 Å². The van der Waals surface area contributed by atoms with Crippen molar-refractivity contribution in [2.45, 2.75) is 52.2 Å². The minimum atomic E-state index is -1.95. The van der Waals surface area contributed by atoms with Gasteiger partial charge in [-0.15, -0.1) is 0 Å². The number of hydrogen-bond donors (Lipinski definition) is 0. The van der Waals surface area contributed by atoms with Crippen molar-refractivity contribution < 1.29 is 18.0 Å². The Morgan fingerprint density at radius 3 is 2.06 bits per heavy atom. The quantitative estimate of drug-likeness (QED) is 0.438. The van der Waals surface area contributed by atoms with E-state index >= 15 is 0 Å². The molecule has 0 aromatic carbocycles. The molecule has 1 unspecified atom stereocenters. The molecule has 1 heterocycles. The van der Waals surface area contributed by atoms with Gasteiger partial charge in [0.1, 0.15) is 0 Å². The molecule has 1 saturated heterocycles. The van der Waals surface area contributed by atoms with Crippen molar-refractivity contribution in [2.24, 2.45) is 0 Å². The summed E-state index contributed by atoms with van der Waals surface area (Å²) in [5.41, 5.74) is 0. The van der Waals surface area contributed by atoms with Crippen LogP contribution in [0.15, 0.2) is 0 Å². The van der Waals surface area contributed by atoms with Crippen molar-refractivity contribution >= 4 is 9.53 Å². The zero-order valence-corrected chi connectivity index (χ0v) is 11.6. The van der Waals surface area contributed by atoms with E-state index < -0.39 is 9.53 Å². The average molecular weight is 248 g/mol. The Bertz CT molecular complexity index is 154. The average Bonchev–Trinajstić information content (AvgIpc) is 2.23. The van der Waals surface area contributed by atoms with Gasteiger partial charge in [-0.3, -0.25) is 0 Å². The second-order valence-corrected chi connectivity index (χ2v) is 5.48. The summed E-state index contributed by atoms with van der Waals surface area (Å²) in [5, 5.41) is 0. The van der Waals surface area contributed by atoms with Crippen LogP contribution in [0, 0.1) is 0 Å². The highest BCUT2D eigenvalue weighted by atomic mass is 28.3. The molecule has 0 N–H and O–H groups in total. The molecule has 0 amide bonds. The lowest BCUT2D eigenvalue weighted by Gasteiger charge is -2.29. The van der Waals surface area contributed by atoms with Gasteiger partial charge in [0, 0.05) is 19.6 Å². The number of ether oxygens (including phenoxy) is 1. The highest BCUT2D eigenvalue weighted by molar-refractivity contribution is 6.36. The van der Waals surface area contributed by atoms with Crippen molar-refractivity contribution in [1.82, 2.24) is 0 Å². The maximum atomic E-state index is 5.65. The molecule has 0 radical (unpaired) electrons. The normalized spacial score (nSPS) is 20.1. The molecule has 0 saturated carbocycles. The Morgan fingerprint density at radius 2 is 1.69 bits per heavy atom. The molecule has 0 aliphatic carbocycles. The van der Waals surface area contributed by atoms with Gasteiger partial charge in [0.2, 0.25) is 0 Å². The molecule has 1 aliphatic heterocycles. The number of rotatable bonds is 10. The van der Waals surface area contributed by atoms with Crippen LogP contribution in [0.4, 0.5) is 0 Å². The van der Waals surface area contributed by atoms with Crippen molar-refractivity contribution in [3.8, 4) is 0 Å². The van der Waals surface area contributed by atoms with E-state index in [0.29, 0.717) is 0 Å². The van der Waals surface area contributed by atoms with Crippen LogP contribution in [0.5, 0.6) is 0 Å². The highest BCUT2D eigenvalue weighted by Crippen LogP contribution is 2.14. The lowest BCUT2D eigenvalue weighted by molar-refractivity contribution is -0.184. The van der Waals surface area contributed by atoms with Crippen LogP contribution in [-0.2, 0) is 18.0 Å². The monoisotopic (exact) mass is 248 g/mol. The van der Waals surface area contributed by atoms with E-state index in [1.165, 1.54) is 0 Å². The second kappa shape index (κ2) is 9.12. The van der Waals surface area contributed by atoms with E-state index in [0.717, 1.165) is 51.9 Å². The van der Waals surface area contributed by atoms with Gasteiger partial charge < -0.3 is 18.0 Å². The summed E-state index contributed by atoms with van der Waals surface area (Å²) in [6.45, 7) is 6.58. The van der Waals surface area contributed by atoms with Gasteiger partial charge in [0.05, 0.1) is 6.61 Å². The molecule has 96 valence electrons. The standard InChI is InChI=1S/C11H24O4Si/c1-3-5-8-13-16(14-9-6-4-2)15-11-7-10-12-11/h11,16H,3-10H2,1-2H3. The highest BCUT2D eigenvalue weighted by Gasteiger charge is 2.26. The largest absolute Gasteiger partial charge is 0.486 e. The van der Waals surface area contributed by atoms with E-state index in [2.05, 4.69) is 13.8 Å². The summed E-state index contributed by atoms with van der Waals surface area (Å²) in [4.78, 5) is 0. The smallest absolute Gasteiger partial charge is 0.376 e. The van der Waals surface area contributed by atoms with Crippen molar-refractivity contribution in [2.75, 3.05) is 19.8 Å². The Kier molecular flexibility index (Phi) is 8.05. The first kappa shape index (κ1) is 14.1. The van der Waals surface area contributed by atoms with Crippen LogP contribution in [0.3, 0.4) is 0 Å². The summed E-state index contributed by atoms with van der Waals surface area (Å²) in [6, 6.07) is 0. The summed E-state index contributed by atoms with van der Waals surface area (Å²) < 4.78 is 22.2. The van der Waals surface area contributed by atoms with E-state index in [4.69, 9.17) is 18.0 Å². The number of hydrogen-bond acceptors (Lipinski definition) is 4. The zero-order valence-electron chi connectivity index (χ0n) is 10.4. The SMILES string of the molecule is CCCCO[SiH](OCCCC)OC1CCO1. The third-order valence-corrected chi connectivity index (χ3v) is 3.97. The van der Waals surface area contributed by atoms with Gasteiger partial charge >= 0.3 is 9.53 Å². The van der Waals surface area contributed by atoms with Gasteiger partial charge in [-0.1, -0.05) is 26.7 Å². The van der Waals surface area contributed by atoms with Gasteiger partial charge in [0.25, 0.3) is 0 Å². The van der Waals surface area contributed by atoms with Crippen molar-refractivity contribution in [1.29, 1.82) is 0 Å². The summed E-state index contributed by atoms with van der Waals surface area (Å²) in [7, 11) is -1.95. The lowest BCUT2D eigenvalue weighted by Crippen LogP contribution is -2.39. The first-order valence-electron chi connectivity index (χ1n) is 6.37. The second-order valence-electron chi connectivity index (χ2n) is 3.96. The van der Waals surface area contributed by atoms with Gasteiger partial charge in [-0.05, 0) is 12.8 Å². The Morgan fingerprint density at radius 1 is 1.12 bits per heavy atom. The number of unbranched alkanes of at least 4 members (excludes halogenated alkanes) is 2. The molecule has 4 nitrogen and oxygen atoms in total. The minimum Gasteiger partial charge on any atom is -0.376 e. The van der Waals surface area contributed by atoms with E-state index in [1.807, 2.05) is 0 Å². The molecule has 1 aliphatic rings. The molecule has 16 heavy (non-hydrogen) atoms. The van der Waals surface area contributed by atoms with E-state index in [-0.39, 0.29) is 6.29 Å². The molecule has 0 spiro atoms. The predicted molar refractivity (Wildman–Crippen MR) is 64.3 cm³/mol. The Hall–Kier alpha value is 0.0569. The van der Waals surface area contributed by atoms with Crippen molar-refractivity contribution in [3.05, 3.63) is 0 Å². The third kappa shape index (κ3) is 5.96. The summed E-state index contributed by atoms with van der Waals surface area (Å²) in [5.74, 6) is 0. The summed E-state index contributed by atoms with van der Waals surface area (Å²) in [6.07, 6.45) is 5.30. The van der Waals surface area contributed by atoms with Crippen LogP contribution >= 0.6 is 0 Å². The maximum absolute atomic E-state index is 5.65. The Labute approximate surface area is 100 Å². The molecule has 0 bridgehead atoms. The third-order valence-electron chi connectivity index (χ3n) is 2.42. The van der Waals surface area contributed by atoms with Crippen LogP contribution in [0.1, 0.15) is 46.0 Å². The van der Waals surface area contributed by atoms with E-state index in [1.54, 1.807) is 0 Å². The molecule has 0 aromatic rings. The zero-order chi connectivity index (χ0) is 11.6. The molecular formula is C11H24O4Si. The van der Waals surface area contributed by atoms with Crippen LogP contribution in [0.2, 0.25) is 0 Å². The molecule has 1 rings (SSSR count). The predicted octanol–water partition coefficient (Wildman–Crippen LogP) is 2.10. The fraction of sp³-hybridized carbons (Fsp3) is 1.00. The molecule has 0 aromatic heterocycles. The molecule has 1 atom stereocenters. The molecule has 5 heteroatoms. The van der Waals surface area contributed by atoms with E-state index in [9.17, 15) is 0 Å². The van der Waals surface area contributed by atoms with Crippen LogP contribution < -0.4 is 0 Å². The molecule has 1 fully saturated rings. The fourth-order valence-electron chi connectivity index (χ4n) is 1.22. The maximum Gasteiger partial charge on any atom is 0.486 e. The first-order valence-corrected chi connectivity index (χ1v) is 7.78. The van der Waals surface area contributed by atoms with Gasteiger partial charge in [-0.25, -0.2) is 0 Å². The molecular weight excluding hydrogens is 224 g/mol. The lowest BCUT2D eigenvalue weighted by atomic mass is 10.4. The van der Waals surface area contributed by atoms with Gasteiger partial charge in [0.15, 0.2) is 6.29 Å². The fourth-order valence-corrected chi connectivity index (χ4v) is 2.65. The van der Waals surface area contributed by atoms with Crippen molar-refractivity contribution in [3.63, 3.8) is 0 Å². The first-order chi connectivity index (χ1) is 7.86.